The molecule has 2 unspecified atom stereocenters. The number of aromatic nitrogens is 2. The van der Waals surface area contributed by atoms with Gasteiger partial charge in [0.2, 0.25) is 0 Å². The Balaban J connectivity index is 1.51. The van der Waals surface area contributed by atoms with Gasteiger partial charge < -0.3 is 19.7 Å². The standard InChI is InChI=1S/C28H24ClN5O5/c1-17(20-10-6-7-11-21(20)29)38-27(37)32-25-22(15-30)39-34-24(25)19-12-13-23(31-16-19)33-28(2,26(35)36)14-18-8-4-3-5-9-18/h3-13,16-17H,14H2,1-2H3,(H,31,33)(H,32,37)(H,35,36). The molecule has 39 heavy (non-hydrogen) atoms. The molecule has 3 N–H and O–H groups in total. The highest BCUT2D eigenvalue weighted by atomic mass is 35.5. The molecule has 0 saturated heterocycles. The lowest BCUT2D eigenvalue weighted by atomic mass is 9.93. The summed E-state index contributed by atoms with van der Waals surface area (Å²) in [4.78, 5) is 29.0. The van der Waals surface area contributed by atoms with Crippen molar-refractivity contribution in [2.45, 2.75) is 31.9 Å². The van der Waals surface area contributed by atoms with Crippen molar-refractivity contribution in [1.29, 1.82) is 5.26 Å². The predicted molar refractivity (Wildman–Crippen MR) is 144 cm³/mol. The molecule has 1 amide bonds. The Bertz CT molecular complexity index is 1520. The molecule has 0 aliphatic carbocycles. The van der Waals surface area contributed by atoms with Crippen LogP contribution in [-0.2, 0) is 16.0 Å². The zero-order valence-electron chi connectivity index (χ0n) is 21.0. The van der Waals surface area contributed by atoms with Crippen LogP contribution in [0.15, 0.2) is 77.4 Å². The maximum Gasteiger partial charge on any atom is 0.412 e. The van der Waals surface area contributed by atoms with Crippen LogP contribution in [0.5, 0.6) is 0 Å². The van der Waals surface area contributed by atoms with Crippen LogP contribution in [0.2, 0.25) is 5.02 Å². The summed E-state index contributed by atoms with van der Waals surface area (Å²) >= 11 is 6.18. The molecule has 0 bridgehead atoms. The van der Waals surface area contributed by atoms with E-state index in [1.807, 2.05) is 36.4 Å². The molecule has 2 heterocycles. The number of carboxylic acid groups (broad SMARTS) is 1. The molecule has 0 saturated carbocycles. The fourth-order valence-corrected chi connectivity index (χ4v) is 4.20. The van der Waals surface area contributed by atoms with Gasteiger partial charge in [0.15, 0.2) is 0 Å². The van der Waals surface area contributed by atoms with E-state index in [1.54, 1.807) is 50.2 Å². The minimum absolute atomic E-state index is 0.0100. The van der Waals surface area contributed by atoms with E-state index in [9.17, 15) is 20.0 Å². The van der Waals surface area contributed by atoms with Gasteiger partial charge >= 0.3 is 12.1 Å². The third-order valence-corrected chi connectivity index (χ3v) is 6.31. The van der Waals surface area contributed by atoms with E-state index in [2.05, 4.69) is 20.8 Å². The predicted octanol–water partition coefficient (Wildman–Crippen LogP) is 6.07. The highest BCUT2D eigenvalue weighted by Crippen LogP contribution is 2.32. The first-order chi connectivity index (χ1) is 18.7. The Morgan fingerprint density at radius 3 is 2.51 bits per heavy atom. The van der Waals surface area contributed by atoms with Crippen LogP contribution >= 0.6 is 11.6 Å². The number of hydrogen-bond acceptors (Lipinski definition) is 8. The summed E-state index contributed by atoms with van der Waals surface area (Å²) in [5.41, 5.74) is 0.722. The molecule has 0 aliphatic heterocycles. The fraction of sp³-hybridized carbons (Fsp3) is 0.179. The maximum absolute atomic E-state index is 12.6. The normalized spacial score (nSPS) is 13.0. The van der Waals surface area contributed by atoms with E-state index in [-0.39, 0.29) is 23.6 Å². The second kappa shape index (κ2) is 11.7. The van der Waals surface area contributed by atoms with Gasteiger partial charge in [-0.1, -0.05) is 65.3 Å². The van der Waals surface area contributed by atoms with Crippen LogP contribution in [0.3, 0.4) is 0 Å². The second-order valence-electron chi connectivity index (χ2n) is 8.90. The average molecular weight is 546 g/mol. The van der Waals surface area contributed by atoms with Crippen molar-refractivity contribution in [2.75, 3.05) is 10.6 Å². The Hall–Kier alpha value is -4.88. The molecule has 198 valence electrons. The van der Waals surface area contributed by atoms with Crippen LogP contribution in [-0.4, -0.2) is 32.8 Å². The molecule has 10 nitrogen and oxygen atoms in total. The number of hydrogen-bond donors (Lipinski definition) is 3. The van der Waals surface area contributed by atoms with Gasteiger partial charge in [-0.15, -0.1) is 0 Å². The minimum atomic E-state index is -1.33. The van der Waals surface area contributed by atoms with Gasteiger partial charge in [0.1, 0.15) is 34.9 Å². The molecular formula is C28H24ClN5O5. The summed E-state index contributed by atoms with van der Waals surface area (Å²) in [5, 5.41) is 29.2. The van der Waals surface area contributed by atoms with Crippen LogP contribution in [0.25, 0.3) is 11.3 Å². The smallest absolute Gasteiger partial charge is 0.412 e. The molecule has 0 radical (unpaired) electrons. The average Bonchev–Trinajstić information content (AvgIpc) is 3.32. The third-order valence-electron chi connectivity index (χ3n) is 5.96. The Morgan fingerprint density at radius 2 is 1.87 bits per heavy atom. The van der Waals surface area contributed by atoms with E-state index in [4.69, 9.17) is 20.9 Å². The molecule has 4 aromatic rings. The third kappa shape index (κ3) is 6.34. The zero-order chi connectivity index (χ0) is 28.0. The number of rotatable bonds is 9. The van der Waals surface area contributed by atoms with Crippen molar-refractivity contribution >= 4 is 35.2 Å². The van der Waals surface area contributed by atoms with E-state index >= 15 is 0 Å². The summed E-state index contributed by atoms with van der Waals surface area (Å²) in [6.07, 6.45) is 0.144. The van der Waals surface area contributed by atoms with Gasteiger partial charge in [-0.3, -0.25) is 5.32 Å². The number of nitriles is 1. The van der Waals surface area contributed by atoms with Crippen LogP contribution in [0.1, 0.15) is 36.8 Å². The number of carbonyl (C=O) groups excluding carboxylic acids is 1. The van der Waals surface area contributed by atoms with Gasteiger partial charge in [-0.2, -0.15) is 5.26 Å². The number of amides is 1. The van der Waals surface area contributed by atoms with Gasteiger partial charge in [0.25, 0.3) is 5.76 Å². The van der Waals surface area contributed by atoms with Crippen molar-refractivity contribution in [3.05, 3.63) is 94.8 Å². The molecule has 0 spiro atoms. The minimum Gasteiger partial charge on any atom is -0.480 e. The Morgan fingerprint density at radius 1 is 1.15 bits per heavy atom. The van der Waals surface area contributed by atoms with E-state index in [0.717, 1.165) is 5.56 Å². The van der Waals surface area contributed by atoms with Crippen molar-refractivity contribution in [3.63, 3.8) is 0 Å². The van der Waals surface area contributed by atoms with Gasteiger partial charge in [-0.25, -0.2) is 14.6 Å². The van der Waals surface area contributed by atoms with Crippen molar-refractivity contribution in [1.82, 2.24) is 10.1 Å². The number of ether oxygens (including phenoxy) is 1. The highest BCUT2D eigenvalue weighted by Gasteiger charge is 2.34. The van der Waals surface area contributed by atoms with E-state index in [0.29, 0.717) is 22.0 Å². The molecule has 11 heteroatoms. The van der Waals surface area contributed by atoms with Crippen LogP contribution in [0, 0.1) is 11.3 Å². The topological polar surface area (TPSA) is 150 Å². The SMILES string of the molecule is CC(OC(=O)Nc1c(-c2ccc(NC(C)(Cc3ccccc3)C(=O)O)nc2)noc1C#N)c1ccccc1Cl. The molecular weight excluding hydrogens is 522 g/mol. The number of nitrogens with zero attached hydrogens (tertiary/aromatic N) is 3. The lowest BCUT2D eigenvalue weighted by molar-refractivity contribution is -0.141. The molecule has 0 fully saturated rings. The Labute approximate surface area is 229 Å². The number of carboxylic acids is 1. The molecule has 2 atom stereocenters. The summed E-state index contributed by atoms with van der Waals surface area (Å²) < 4.78 is 10.5. The molecule has 2 aromatic carbocycles. The summed E-state index contributed by atoms with van der Waals surface area (Å²) in [6.45, 7) is 3.24. The van der Waals surface area contributed by atoms with E-state index < -0.39 is 23.7 Å². The molecule has 4 rings (SSSR count). The monoisotopic (exact) mass is 545 g/mol. The summed E-state index contributed by atoms with van der Waals surface area (Å²) in [6, 6.07) is 21.3. The number of nitrogens with one attached hydrogen (secondary N) is 2. The number of carbonyl (C=O) groups is 2. The number of halogens is 1. The summed E-state index contributed by atoms with van der Waals surface area (Å²) in [5.74, 6) is -0.953. The van der Waals surface area contributed by atoms with Crippen molar-refractivity contribution < 1.29 is 24.0 Å². The summed E-state index contributed by atoms with van der Waals surface area (Å²) in [7, 11) is 0. The fourth-order valence-electron chi connectivity index (χ4n) is 3.91. The lowest BCUT2D eigenvalue weighted by Gasteiger charge is -2.27. The number of pyridine rings is 1. The lowest BCUT2D eigenvalue weighted by Crippen LogP contribution is -2.45. The van der Waals surface area contributed by atoms with Crippen LogP contribution in [0.4, 0.5) is 16.3 Å². The largest absolute Gasteiger partial charge is 0.480 e. The van der Waals surface area contributed by atoms with Gasteiger partial charge in [-0.05, 0) is 37.6 Å². The highest BCUT2D eigenvalue weighted by molar-refractivity contribution is 6.31. The van der Waals surface area contributed by atoms with Gasteiger partial charge in [0.05, 0.1) is 0 Å². The zero-order valence-corrected chi connectivity index (χ0v) is 21.8. The quantitative estimate of drug-likeness (QED) is 0.227. The maximum atomic E-state index is 12.6. The van der Waals surface area contributed by atoms with Crippen molar-refractivity contribution in [2.24, 2.45) is 0 Å². The van der Waals surface area contributed by atoms with Gasteiger partial charge in [0, 0.05) is 28.8 Å². The number of benzene rings is 2. The second-order valence-corrected chi connectivity index (χ2v) is 9.31. The number of aliphatic carboxylic acids is 1. The molecule has 0 aliphatic rings. The van der Waals surface area contributed by atoms with Crippen molar-refractivity contribution in [3.8, 4) is 17.3 Å². The number of anilines is 2. The molecule has 2 aromatic heterocycles. The van der Waals surface area contributed by atoms with Crippen LogP contribution < -0.4 is 10.6 Å². The first-order valence-corrected chi connectivity index (χ1v) is 12.2. The first kappa shape index (κ1) is 27.2. The Kier molecular flexibility index (Phi) is 8.13. The first-order valence-electron chi connectivity index (χ1n) is 11.8. The van der Waals surface area contributed by atoms with E-state index in [1.165, 1.54) is 6.20 Å².